The number of anilines is 1. The van der Waals surface area contributed by atoms with Crippen molar-refractivity contribution in [3.63, 3.8) is 0 Å². The number of carbonyl (C=O) groups excluding carboxylic acids is 2. The lowest BCUT2D eigenvalue weighted by Gasteiger charge is -2.31. The smallest absolute Gasteiger partial charge is 0.270 e. The zero-order valence-corrected chi connectivity index (χ0v) is 19.0. The second-order valence-electron chi connectivity index (χ2n) is 8.28. The summed E-state index contributed by atoms with van der Waals surface area (Å²) in [6, 6.07) is 1.81. The van der Waals surface area contributed by atoms with Crippen LogP contribution < -0.4 is 10.6 Å². The van der Waals surface area contributed by atoms with Crippen LogP contribution in [-0.2, 0) is 17.8 Å². The van der Waals surface area contributed by atoms with E-state index in [1.54, 1.807) is 24.3 Å². The number of aromatic nitrogens is 3. The molecule has 2 aromatic heterocycles. The Kier molecular flexibility index (Phi) is 7.28. The van der Waals surface area contributed by atoms with Crippen LogP contribution in [0.5, 0.6) is 0 Å². The van der Waals surface area contributed by atoms with E-state index in [0.29, 0.717) is 25.5 Å². The average Bonchev–Trinajstić information content (AvgIpc) is 3.26. The van der Waals surface area contributed by atoms with Crippen LogP contribution in [0.4, 0.5) is 5.82 Å². The maximum Gasteiger partial charge on any atom is 0.270 e. The number of likely N-dealkylation sites (tertiary alicyclic amines) is 1. The molecule has 1 saturated heterocycles. The lowest BCUT2D eigenvalue weighted by atomic mass is 10.1. The first-order chi connectivity index (χ1) is 15.5. The van der Waals surface area contributed by atoms with Gasteiger partial charge < -0.3 is 20.6 Å². The fourth-order valence-corrected chi connectivity index (χ4v) is 4.87. The summed E-state index contributed by atoms with van der Waals surface area (Å²) >= 11 is 1.68. The normalized spacial score (nSPS) is 18.1. The molecule has 32 heavy (non-hydrogen) atoms. The molecule has 2 aliphatic heterocycles. The Balaban J connectivity index is 1.23. The largest absolute Gasteiger partial charge is 0.390 e. The van der Waals surface area contributed by atoms with Gasteiger partial charge in [-0.15, -0.1) is 11.3 Å². The molecule has 0 saturated carbocycles. The number of rotatable bonds is 7. The summed E-state index contributed by atoms with van der Waals surface area (Å²) in [5.74, 6) is 0.334. The predicted molar refractivity (Wildman–Crippen MR) is 120 cm³/mol. The monoisotopic (exact) mass is 459 g/mol. The SMILES string of the molecule is CC(=O)N1CCC(Nc2cc(C(=O)NC[C@H](O)CN3CCc4scnc4C3)ncn2)CC1. The molecule has 1 fully saturated rings. The van der Waals surface area contributed by atoms with E-state index in [0.717, 1.165) is 38.0 Å². The minimum atomic E-state index is -0.676. The molecule has 2 aromatic rings. The van der Waals surface area contributed by atoms with Crippen molar-refractivity contribution in [1.29, 1.82) is 0 Å². The molecule has 0 bridgehead atoms. The summed E-state index contributed by atoms with van der Waals surface area (Å²) in [5.41, 5.74) is 3.21. The van der Waals surface area contributed by atoms with Crippen molar-refractivity contribution in [2.75, 3.05) is 38.0 Å². The zero-order valence-electron chi connectivity index (χ0n) is 18.2. The fraction of sp³-hybridized carbons (Fsp3) is 0.571. The number of amides is 2. The van der Waals surface area contributed by atoms with Crippen molar-refractivity contribution in [1.82, 2.24) is 30.1 Å². The molecule has 11 heteroatoms. The quantitative estimate of drug-likeness (QED) is 0.547. The van der Waals surface area contributed by atoms with Crippen LogP contribution in [-0.4, -0.2) is 86.5 Å². The van der Waals surface area contributed by atoms with Gasteiger partial charge in [-0.2, -0.15) is 0 Å². The van der Waals surface area contributed by atoms with Crippen LogP contribution >= 0.6 is 11.3 Å². The van der Waals surface area contributed by atoms with E-state index in [4.69, 9.17) is 0 Å². The number of hydrogen-bond acceptors (Lipinski definition) is 9. The summed E-state index contributed by atoms with van der Waals surface area (Å²) in [6.07, 6.45) is 3.29. The number of aliphatic hydroxyl groups excluding tert-OH is 1. The lowest BCUT2D eigenvalue weighted by molar-refractivity contribution is -0.129. The van der Waals surface area contributed by atoms with Crippen LogP contribution in [0, 0.1) is 0 Å². The van der Waals surface area contributed by atoms with Gasteiger partial charge in [0, 0.05) is 63.2 Å². The summed E-state index contributed by atoms with van der Waals surface area (Å²) in [6.45, 7) is 5.25. The highest BCUT2D eigenvalue weighted by atomic mass is 32.1. The molecule has 2 aliphatic rings. The molecule has 0 spiro atoms. The molecule has 0 aromatic carbocycles. The molecule has 0 radical (unpaired) electrons. The Labute approximate surface area is 191 Å². The van der Waals surface area contributed by atoms with Crippen molar-refractivity contribution in [3.05, 3.63) is 34.2 Å². The third-order valence-electron chi connectivity index (χ3n) is 5.91. The van der Waals surface area contributed by atoms with Gasteiger partial charge in [-0.25, -0.2) is 15.0 Å². The second-order valence-corrected chi connectivity index (χ2v) is 9.22. The Morgan fingerprint density at radius 3 is 2.84 bits per heavy atom. The first kappa shape index (κ1) is 22.6. The van der Waals surface area contributed by atoms with Crippen LogP contribution in [0.15, 0.2) is 17.9 Å². The van der Waals surface area contributed by atoms with E-state index < -0.39 is 6.10 Å². The van der Waals surface area contributed by atoms with Crippen molar-refractivity contribution in [3.8, 4) is 0 Å². The van der Waals surface area contributed by atoms with Crippen molar-refractivity contribution < 1.29 is 14.7 Å². The van der Waals surface area contributed by atoms with Gasteiger partial charge in [0.1, 0.15) is 17.8 Å². The second kappa shape index (κ2) is 10.3. The topological polar surface area (TPSA) is 124 Å². The molecule has 10 nitrogen and oxygen atoms in total. The third kappa shape index (κ3) is 5.78. The molecule has 2 amide bonds. The average molecular weight is 460 g/mol. The Morgan fingerprint density at radius 1 is 1.25 bits per heavy atom. The fourth-order valence-electron chi connectivity index (χ4n) is 4.10. The molecule has 1 atom stereocenters. The summed E-state index contributed by atoms with van der Waals surface area (Å²) < 4.78 is 0. The minimum Gasteiger partial charge on any atom is -0.390 e. The molecule has 4 heterocycles. The molecule has 3 N–H and O–H groups in total. The first-order valence-electron chi connectivity index (χ1n) is 10.9. The number of aliphatic hydroxyl groups is 1. The standard InChI is InChI=1S/C21H29N7O3S/c1-14(29)28-6-2-15(3-7-28)26-20-8-17(23-12-24-20)21(31)22-9-16(30)10-27-5-4-19-18(11-27)25-13-32-19/h8,12-13,15-16,30H,2-7,9-11H2,1H3,(H,22,31)(H,23,24,26)/t16-/m0/s1. The number of piperidine rings is 1. The van der Waals surface area contributed by atoms with Gasteiger partial charge in [0.25, 0.3) is 5.91 Å². The van der Waals surface area contributed by atoms with E-state index in [1.165, 1.54) is 11.2 Å². The summed E-state index contributed by atoms with van der Waals surface area (Å²) in [4.78, 5) is 42.0. The van der Waals surface area contributed by atoms with E-state index in [9.17, 15) is 14.7 Å². The maximum atomic E-state index is 12.5. The molecule has 172 valence electrons. The third-order valence-corrected chi connectivity index (χ3v) is 6.85. The van der Waals surface area contributed by atoms with E-state index in [-0.39, 0.29) is 30.1 Å². The number of hydrogen-bond donors (Lipinski definition) is 3. The van der Waals surface area contributed by atoms with Gasteiger partial charge in [0.05, 0.1) is 17.3 Å². The first-order valence-corrected chi connectivity index (χ1v) is 11.8. The lowest BCUT2D eigenvalue weighted by Crippen LogP contribution is -2.42. The maximum absolute atomic E-state index is 12.5. The predicted octanol–water partition coefficient (Wildman–Crippen LogP) is 0.505. The van der Waals surface area contributed by atoms with Crippen LogP contribution in [0.25, 0.3) is 0 Å². The van der Waals surface area contributed by atoms with Crippen molar-refractivity contribution in [2.24, 2.45) is 0 Å². The van der Waals surface area contributed by atoms with Gasteiger partial charge in [-0.05, 0) is 19.3 Å². The number of nitrogens with zero attached hydrogens (tertiary/aromatic N) is 5. The molecular formula is C21H29N7O3S. The molecule has 0 aliphatic carbocycles. The van der Waals surface area contributed by atoms with Crippen LogP contribution in [0.1, 0.15) is 40.8 Å². The van der Waals surface area contributed by atoms with E-state index in [1.807, 2.05) is 10.4 Å². The Hall–Kier alpha value is -2.63. The number of thiazole rings is 1. The summed E-state index contributed by atoms with van der Waals surface area (Å²) in [5, 5.41) is 16.5. The molecule has 0 unspecified atom stereocenters. The highest BCUT2D eigenvalue weighted by Crippen LogP contribution is 2.21. The zero-order chi connectivity index (χ0) is 22.5. The van der Waals surface area contributed by atoms with Gasteiger partial charge in [0.2, 0.25) is 5.91 Å². The van der Waals surface area contributed by atoms with Crippen LogP contribution in [0.2, 0.25) is 0 Å². The van der Waals surface area contributed by atoms with Gasteiger partial charge in [-0.3, -0.25) is 14.5 Å². The summed E-state index contributed by atoms with van der Waals surface area (Å²) in [7, 11) is 0. The Morgan fingerprint density at radius 2 is 2.06 bits per heavy atom. The number of carbonyl (C=O) groups is 2. The number of nitrogens with one attached hydrogen (secondary N) is 2. The number of β-amino-alcohol motifs (C(OH)–C–C–N with tert-alkyl or cyclic N) is 1. The van der Waals surface area contributed by atoms with Gasteiger partial charge in [-0.1, -0.05) is 0 Å². The highest BCUT2D eigenvalue weighted by molar-refractivity contribution is 7.09. The molecule has 4 rings (SSSR count). The van der Waals surface area contributed by atoms with Gasteiger partial charge in [0.15, 0.2) is 0 Å². The van der Waals surface area contributed by atoms with Crippen LogP contribution in [0.3, 0.4) is 0 Å². The number of fused-ring (bicyclic) bond motifs is 1. The van der Waals surface area contributed by atoms with E-state index >= 15 is 0 Å². The Bertz CT molecular complexity index is 945. The van der Waals surface area contributed by atoms with Crippen molar-refractivity contribution in [2.45, 2.75) is 44.9 Å². The van der Waals surface area contributed by atoms with Gasteiger partial charge >= 0.3 is 0 Å². The van der Waals surface area contributed by atoms with Crippen molar-refractivity contribution >= 4 is 29.0 Å². The van der Waals surface area contributed by atoms with E-state index in [2.05, 4.69) is 30.5 Å². The molecular weight excluding hydrogens is 430 g/mol. The highest BCUT2D eigenvalue weighted by Gasteiger charge is 2.22. The minimum absolute atomic E-state index is 0.0970.